The molecule has 0 fully saturated rings. The standard InChI is InChI=1S/C13H15BrClN3/c1-3-12-13(8-18(2)17-12)16-7-9-4-5-10(15)6-11(9)14/h4-6,8,16H,3,7H2,1-2H3. The van der Waals surface area contributed by atoms with E-state index in [9.17, 15) is 0 Å². The van der Waals surface area contributed by atoms with Crippen molar-refractivity contribution in [1.29, 1.82) is 0 Å². The van der Waals surface area contributed by atoms with Crippen LogP contribution in [0.1, 0.15) is 18.2 Å². The Balaban J connectivity index is 2.11. The molecular formula is C13H15BrClN3. The molecule has 0 bridgehead atoms. The van der Waals surface area contributed by atoms with Gasteiger partial charge in [-0.2, -0.15) is 5.10 Å². The first-order valence-corrected chi connectivity index (χ1v) is 6.97. The van der Waals surface area contributed by atoms with E-state index in [2.05, 4.69) is 33.3 Å². The van der Waals surface area contributed by atoms with Crippen LogP contribution in [-0.2, 0) is 20.0 Å². The highest BCUT2D eigenvalue weighted by atomic mass is 79.9. The summed E-state index contributed by atoms with van der Waals surface area (Å²) in [4.78, 5) is 0. The van der Waals surface area contributed by atoms with E-state index in [-0.39, 0.29) is 0 Å². The Morgan fingerprint density at radius 1 is 1.44 bits per heavy atom. The molecule has 0 saturated heterocycles. The molecule has 0 atom stereocenters. The SMILES string of the molecule is CCc1nn(C)cc1NCc1ccc(Cl)cc1Br. The highest BCUT2D eigenvalue weighted by Gasteiger charge is 2.06. The third-order valence-electron chi connectivity index (χ3n) is 2.72. The Morgan fingerprint density at radius 2 is 2.22 bits per heavy atom. The molecule has 1 aromatic carbocycles. The van der Waals surface area contributed by atoms with E-state index >= 15 is 0 Å². The monoisotopic (exact) mass is 327 g/mol. The zero-order chi connectivity index (χ0) is 13.1. The number of aryl methyl sites for hydroxylation is 2. The van der Waals surface area contributed by atoms with E-state index in [4.69, 9.17) is 11.6 Å². The molecule has 5 heteroatoms. The minimum absolute atomic E-state index is 0.737. The van der Waals surface area contributed by atoms with Crippen LogP contribution in [-0.4, -0.2) is 9.78 Å². The molecule has 0 amide bonds. The smallest absolute Gasteiger partial charge is 0.0853 e. The molecule has 2 aromatic rings. The average molecular weight is 329 g/mol. The molecule has 96 valence electrons. The first-order valence-electron chi connectivity index (χ1n) is 5.80. The number of nitrogens with zero attached hydrogens (tertiary/aromatic N) is 2. The molecular weight excluding hydrogens is 314 g/mol. The topological polar surface area (TPSA) is 29.9 Å². The Hall–Kier alpha value is -1.000. The summed E-state index contributed by atoms with van der Waals surface area (Å²) in [5.41, 5.74) is 3.34. The summed E-state index contributed by atoms with van der Waals surface area (Å²) in [5, 5.41) is 8.54. The van der Waals surface area contributed by atoms with Crippen molar-refractivity contribution in [2.24, 2.45) is 7.05 Å². The van der Waals surface area contributed by atoms with Crippen LogP contribution in [0, 0.1) is 0 Å². The maximum atomic E-state index is 5.92. The lowest BCUT2D eigenvalue weighted by molar-refractivity contribution is 0.746. The predicted octanol–water partition coefficient (Wildman–Crippen LogP) is 4.01. The second-order valence-corrected chi connectivity index (χ2v) is 5.40. The van der Waals surface area contributed by atoms with Gasteiger partial charge in [-0.05, 0) is 24.1 Å². The summed E-state index contributed by atoms with van der Waals surface area (Å²) in [5.74, 6) is 0. The van der Waals surface area contributed by atoms with E-state index < -0.39 is 0 Å². The number of hydrogen-bond donors (Lipinski definition) is 1. The number of hydrogen-bond acceptors (Lipinski definition) is 2. The molecule has 1 N–H and O–H groups in total. The Morgan fingerprint density at radius 3 is 2.89 bits per heavy atom. The van der Waals surface area contributed by atoms with Gasteiger partial charge < -0.3 is 5.32 Å². The van der Waals surface area contributed by atoms with Gasteiger partial charge in [-0.3, -0.25) is 4.68 Å². The number of aromatic nitrogens is 2. The van der Waals surface area contributed by atoms with Crippen LogP contribution in [0.2, 0.25) is 5.02 Å². The van der Waals surface area contributed by atoms with Crippen molar-refractivity contribution in [2.75, 3.05) is 5.32 Å². The summed E-state index contributed by atoms with van der Waals surface area (Å²) >= 11 is 9.44. The van der Waals surface area contributed by atoms with Gasteiger partial charge in [0.1, 0.15) is 0 Å². The highest BCUT2D eigenvalue weighted by Crippen LogP contribution is 2.23. The van der Waals surface area contributed by atoms with Crippen LogP contribution in [0.5, 0.6) is 0 Å². The van der Waals surface area contributed by atoms with Gasteiger partial charge >= 0.3 is 0 Å². The molecule has 2 rings (SSSR count). The minimum Gasteiger partial charge on any atom is -0.378 e. The minimum atomic E-state index is 0.737. The number of benzene rings is 1. The molecule has 18 heavy (non-hydrogen) atoms. The van der Waals surface area contributed by atoms with Crippen LogP contribution in [0.15, 0.2) is 28.9 Å². The van der Waals surface area contributed by atoms with Crippen molar-refractivity contribution < 1.29 is 0 Å². The van der Waals surface area contributed by atoms with Crippen LogP contribution in [0.3, 0.4) is 0 Å². The van der Waals surface area contributed by atoms with Gasteiger partial charge in [-0.25, -0.2) is 0 Å². The zero-order valence-corrected chi connectivity index (χ0v) is 12.7. The lowest BCUT2D eigenvalue weighted by atomic mass is 10.2. The Kier molecular flexibility index (Phi) is 4.30. The molecule has 1 heterocycles. The quantitative estimate of drug-likeness (QED) is 0.919. The molecule has 3 nitrogen and oxygen atoms in total. The second kappa shape index (κ2) is 5.76. The normalized spacial score (nSPS) is 10.7. The van der Waals surface area contributed by atoms with Crippen molar-refractivity contribution in [3.8, 4) is 0 Å². The summed E-state index contributed by atoms with van der Waals surface area (Å²) < 4.78 is 2.85. The maximum absolute atomic E-state index is 5.92. The van der Waals surface area contributed by atoms with Crippen molar-refractivity contribution in [1.82, 2.24) is 9.78 Å². The van der Waals surface area contributed by atoms with Crippen molar-refractivity contribution >= 4 is 33.2 Å². The zero-order valence-electron chi connectivity index (χ0n) is 10.4. The summed E-state index contributed by atoms with van der Waals surface area (Å²) in [6.07, 6.45) is 2.92. The van der Waals surface area contributed by atoms with Crippen LogP contribution in [0.25, 0.3) is 0 Å². The summed E-state index contributed by atoms with van der Waals surface area (Å²) in [7, 11) is 1.93. The first-order chi connectivity index (χ1) is 8.60. The number of halogens is 2. The van der Waals surface area contributed by atoms with Gasteiger partial charge in [0.25, 0.3) is 0 Å². The molecule has 0 aliphatic heterocycles. The number of rotatable bonds is 4. The molecule has 0 saturated carbocycles. The van der Waals surface area contributed by atoms with Gasteiger partial charge in [-0.15, -0.1) is 0 Å². The highest BCUT2D eigenvalue weighted by molar-refractivity contribution is 9.10. The van der Waals surface area contributed by atoms with E-state index in [1.807, 2.05) is 36.1 Å². The molecule has 1 aromatic heterocycles. The third kappa shape index (κ3) is 3.06. The largest absolute Gasteiger partial charge is 0.378 e. The number of anilines is 1. The molecule has 0 spiro atoms. The van der Waals surface area contributed by atoms with Crippen molar-refractivity contribution in [3.05, 3.63) is 45.1 Å². The maximum Gasteiger partial charge on any atom is 0.0853 e. The Labute approximate surface area is 120 Å². The van der Waals surface area contributed by atoms with Gasteiger partial charge in [-0.1, -0.05) is 40.5 Å². The molecule has 0 aliphatic carbocycles. The fraction of sp³-hybridized carbons (Fsp3) is 0.308. The molecule has 0 aliphatic rings. The fourth-order valence-corrected chi connectivity index (χ4v) is 2.62. The van der Waals surface area contributed by atoms with Gasteiger partial charge in [0.2, 0.25) is 0 Å². The first kappa shape index (κ1) is 13.4. The van der Waals surface area contributed by atoms with E-state index in [1.165, 1.54) is 5.56 Å². The summed E-state index contributed by atoms with van der Waals surface area (Å²) in [6, 6.07) is 5.82. The van der Waals surface area contributed by atoms with Gasteiger partial charge in [0.05, 0.1) is 11.4 Å². The van der Waals surface area contributed by atoms with E-state index in [0.717, 1.165) is 33.8 Å². The average Bonchev–Trinajstić information content (AvgIpc) is 2.68. The number of nitrogens with one attached hydrogen (secondary N) is 1. The molecule has 0 unspecified atom stereocenters. The molecule has 0 radical (unpaired) electrons. The van der Waals surface area contributed by atoms with Crippen LogP contribution >= 0.6 is 27.5 Å². The Bertz CT molecular complexity index is 551. The van der Waals surface area contributed by atoms with Gasteiger partial charge in [0, 0.05) is 29.3 Å². The summed E-state index contributed by atoms with van der Waals surface area (Å²) in [6.45, 7) is 2.85. The lowest BCUT2D eigenvalue weighted by Crippen LogP contribution is -2.01. The fourth-order valence-electron chi connectivity index (χ4n) is 1.80. The predicted molar refractivity (Wildman–Crippen MR) is 79.1 cm³/mol. The second-order valence-electron chi connectivity index (χ2n) is 4.11. The van der Waals surface area contributed by atoms with E-state index in [0.29, 0.717) is 0 Å². The van der Waals surface area contributed by atoms with E-state index in [1.54, 1.807) is 0 Å². The lowest BCUT2D eigenvalue weighted by Gasteiger charge is -2.08. The van der Waals surface area contributed by atoms with Crippen LogP contribution in [0.4, 0.5) is 5.69 Å². The van der Waals surface area contributed by atoms with Crippen molar-refractivity contribution in [2.45, 2.75) is 19.9 Å². The van der Waals surface area contributed by atoms with Gasteiger partial charge in [0.15, 0.2) is 0 Å². The van der Waals surface area contributed by atoms with Crippen LogP contribution < -0.4 is 5.32 Å². The third-order valence-corrected chi connectivity index (χ3v) is 3.70. The van der Waals surface area contributed by atoms with Crippen molar-refractivity contribution in [3.63, 3.8) is 0 Å².